The van der Waals surface area contributed by atoms with E-state index in [9.17, 15) is 8.42 Å². The molecule has 20 heavy (non-hydrogen) atoms. The van der Waals surface area contributed by atoms with Gasteiger partial charge < -0.3 is 10.5 Å². The summed E-state index contributed by atoms with van der Waals surface area (Å²) in [6.45, 7) is 0.622. The van der Waals surface area contributed by atoms with E-state index in [1.54, 1.807) is 12.1 Å². The number of hydrogen-bond donors (Lipinski definition) is 2. The first-order valence-electron chi connectivity index (χ1n) is 6.66. The molecule has 2 unspecified atom stereocenters. The first-order chi connectivity index (χ1) is 9.47. The number of sulfonamides is 1. The third kappa shape index (κ3) is 2.86. The number of ether oxygens (including phenoxy) is 1. The Labute approximate surface area is 127 Å². The Bertz CT molecular complexity index is 616. The van der Waals surface area contributed by atoms with E-state index in [0.29, 0.717) is 22.7 Å². The number of anilines is 1. The van der Waals surface area contributed by atoms with Crippen LogP contribution in [-0.4, -0.2) is 27.2 Å². The fourth-order valence-corrected chi connectivity index (χ4v) is 5.00. The molecule has 1 saturated heterocycles. The Balaban J connectivity index is 1.81. The Morgan fingerprint density at radius 2 is 2.05 bits per heavy atom. The van der Waals surface area contributed by atoms with Crippen LogP contribution in [0.4, 0.5) is 5.69 Å². The molecule has 7 heteroatoms. The largest absolute Gasteiger partial charge is 0.399 e. The van der Waals surface area contributed by atoms with Gasteiger partial charge >= 0.3 is 0 Å². The lowest BCUT2D eigenvalue weighted by Gasteiger charge is -2.20. The average molecular weight is 361 g/mol. The lowest BCUT2D eigenvalue weighted by Crippen LogP contribution is -2.41. The lowest BCUT2D eigenvalue weighted by molar-refractivity contribution is 0.0848. The highest BCUT2D eigenvalue weighted by Crippen LogP contribution is 2.39. The standard InChI is InChI=1S/C13H17BrN2O3S/c14-10-7-9(15)3-4-12(10)20(17,18)16-11-5-6-19-13(11)8-1-2-8/h3-4,7-8,11,13,16H,1-2,5-6,15H2. The molecule has 1 aromatic rings. The number of nitrogens with two attached hydrogens (primary N) is 1. The molecule has 0 spiro atoms. The minimum absolute atomic E-state index is 0.0253. The molecular formula is C13H17BrN2O3S. The molecule has 2 atom stereocenters. The molecule has 2 aliphatic rings. The van der Waals surface area contributed by atoms with Gasteiger partial charge in [0.2, 0.25) is 10.0 Å². The second kappa shape index (κ2) is 5.29. The van der Waals surface area contributed by atoms with Crippen molar-refractivity contribution in [3.8, 4) is 0 Å². The first-order valence-corrected chi connectivity index (χ1v) is 8.94. The second-order valence-corrected chi connectivity index (χ2v) is 7.92. The third-order valence-corrected chi connectivity index (χ3v) is 6.24. The van der Waals surface area contributed by atoms with Gasteiger partial charge in [0.15, 0.2) is 0 Å². The van der Waals surface area contributed by atoms with E-state index in [2.05, 4.69) is 20.7 Å². The molecule has 0 bridgehead atoms. The maximum atomic E-state index is 12.5. The Hall–Kier alpha value is -0.630. The van der Waals surface area contributed by atoms with Crippen molar-refractivity contribution in [3.05, 3.63) is 22.7 Å². The summed E-state index contributed by atoms with van der Waals surface area (Å²) in [4.78, 5) is 0.216. The van der Waals surface area contributed by atoms with Crippen molar-refractivity contribution in [1.82, 2.24) is 4.72 Å². The molecular weight excluding hydrogens is 344 g/mol. The van der Waals surface area contributed by atoms with E-state index in [0.717, 1.165) is 19.3 Å². The molecule has 2 fully saturated rings. The highest BCUT2D eigenvalue weighted by molar-refractivity contribution is 9.10. The van der Waals surface area contributed by atoms with Crippen molar-refractivity contribution in [1.29, 1.82) is 0 Å². The van der Waals surface area contributed by atoms with Crippen LogP contribution in [0, 0.1) is 5.92 Å². The second-order valence-electron chi connectivity index (χ2n) is 5.38. The minimum Gasteiger partial charge on any atom is -0.399 e. The van der Waals surface area contributed by atoms with Crippen LogP contribution in [0.5, 0.6) is 0 Å². The smallest absolute Gasteiger partial charge is 0.242 e. The maximum absolute atomic E-state index is 12.5. The van der Waals surface area contributed by atoms with Gasteiger partial charge in [-0.05, 0) is 59.3 Å². The van der Waals surface area contributed by atoms with Crippen molar-refractivity contribution >= 4 is 31.6 Å². The number of rotatable bonds is 4. The maximum Gasteiger partial charge on any atom is 0.242 e. The van der Waals surface area contributed by atoms with Gasteiger partial charge in [0.1, 0.15) is 0 Å². The number of hydrogen-bond acceptors (Lipinski definition) is 4. The third-order valence-electron chi connectivity index (χ3n) is 3.77. The zero-order valence-electron chi connectivity index (χ0n) is 10.9. The van der Waals surface area contributed by atoms with Gasteiger partial charge in [0, 0.05) is 16.8 Å². The molecule has 3 rings (SSSR count). The number of nitrogens with one attached hydrogen (secondary N) is 1. The van der Waals surface area contributed by atoms with Gasteiger partial charge in [-0.1, -0.05) is 0 Å². The number of nitrogen functional groups attached to an aromatic ring is 1. The Morgan fingerprint density at radius 3 is 2.70 bits per heavy atom. The van der Waals surface area contributed by atoms with Crippen LogP contribution in [0.2, 0.25) is 0 Å². The molecule has 3 N–H and O–H groups in total. The first kappa shape index (κ1) is 14.3. The van der Waals surface area contributed by atoms with E-state index in [1.165, 1.54) is 6.07 Å². The predicted octanol–water partition coefficient (Wildman–Crippen LogP) is 1.88. The normalized spacial score (nSPS) is 26.9. The quantitative estimate of drug-likeness (QED) is 0.803. The molecule has 5 nitrogen and oxygen atoms in total. The topological polar surface area (TPSA) is 81.4 Å². The molecule has 1 aromatic carbocycles. The zero-order chi connectivity index (χ0) is 14.3. The summed E-state index contributed by atoms with van der Waals surface area (Å²) in [5, 5.41) is 0. The van der Waals surface area contributed by atoms with Crippen molar-refractivity contribution in [2.45, 2.75) is 36.3 Å². The molecule has 0 amide bonds. The zero-order valence-corrected chi connectivity index (χ0v) is 13.3. The van der Waals surface area contributed by atoms with Crippen LogP contribution < -0.4 is 10.5 Å². The van der Waals surface area contributed by atoms with Crippen LogP contribution in [0.3, 0.4) is 0 Å². The van der Waals surface area contributed by atoms with Gasteiger partial charge in [-0.25, -0.2) is 13.1 Å². The molecule has 1 aliphatic carbocycles. The van der Waals surface area contributed by atoms with E-state index >= 15 is 0 Å². The molecule has 110 valence electrons. The van der Waals surface area contributed by atoms with Gasteiger partial charge in [-0.3, -0.25) is 0 Å². The van der Waals surface area contributed by atoms with E-state index in [4.69, 9.17) is 10.5 Å². The van der Waals surface area contributed by atoms with E-state index < -0.39 is 10.0 Å². The van der Waals surface area contributed by atoms with Crippen molar-refractivity contribution in [2.75, 3.05) is 12.3 Å². The van der Waals surface area contributed by atoms with Crippen LogP contribution in [-0.2, 0) is 14.8 Å². The van der Waals surface area contributed by atoms with E-state index in [1.807, 2.05) is 0 Å². The molecule has 0 radical (unpaired) electrons. The number of benzene rings is 1. The fourth-order valence-electron chi connectivity index (χ4n) is 2.62. The van der Waals surface area contributed by atoms with Crippen LogP contribution in [0.15, 0.2) is 27.6 Å². The molecule has 1 aliphatic heterocycles. The summed E-state index contributed by atoms with van der Waals surface area (Å²) in [5.74, 6) is 0.514. The van der Waals surface area contributed by atoms with Gasteiger partial charge in [0.25, 0.3) is 0 Å². The monoisotopic (exact) mass is 360 g/mol. The summed E-state index contributed by atoms with van der Waals surface area (Å²) in [5.41, 5.74) is 6.16. The average Bonchev–Trinajstić information content (AvgIpc) is 3.10. The van der Waals surface area contributed by atoms with Crippen LogP contribution in [0.25, 0.3) is 0 Å². The van der Waals surface area contributed by atoms with Crippen LogP contribution in [0.1, 0.15) is 19.3 Å². The van der Waals surface area contributed by atoms with Gasteiger partial charge in [-0.2, -0.15) is 0 Å². The van der Waals surface area contributed by atoms with Crippen LogP contribution >= 0.6 is 15.9 Å². The summed E-state index contributed by atoms with van der Waals surface area (Å²) < 4.78 is 33.9. The predicted molar refractivity (Wildman–Crippen MR) is 79.7 cm³/mol. The van der Waals surface area contributed by atoms with Crippen molar-refractivity contribution < 1.29 is 13.2 Å². The minimum atomic E-state index is -3.56. The molecule has 1 heterocycles. The van der Waals surface area contributed by atoms with Gasteiger partial charge in [0.05, 0.1) is 17.0 Å². The summed E-state index contributed by atoms with van der Waals surface area (Å²) >= 11 is 3.26. The number of halogens is 1. The highest BCUT2D eigenvalue weighted by atomic mass is 79.9. The Kier molecular flexibility index (Phi) is 3.79. The highest BCUT2D eigenvalue weighted by Gasteiger charge is 2.42. The summed E-state index contributed by atoms with van der Waals surface area (Å²) in [7, 11) is -3.56. The van der Waals surface area contributed by atoms with Gasteiger partial charge in [-0.15, -0.1) is 0 Å². The molecule has 1 saturated carbocycles. The Morgan fingerprint density at radius 1 is 1.30 bits per heavy atom. The van der Waals surface area contributed by atoms with E-state index in [-0.39, 0.29) is 17.0 Å². The molecule has 0 aromatic heterocycles. The lowest BCUT2D eigenvalue weighted by atomic mass is 10.1. The summed E-state index contributed by atoms with van der Waals surface area (Å²) in [6, 6.07) is 4.57. The fraction of sp³-hybridized carbons (Fsp3) is 0.538. The van der Waals surface area contributed by atoms with Crippen molar-refractivity contribution in [3.63, 3.8) is 0 Å². The van der Waals surface area contributed by atoms with Crippen molar-refractivity contribution in [2.24, 2.45) is 5.92 Å². The summed E-state index contributed by atoms with van der Waals surface area (Å²) in [6.07, 6.45) is 3.02. The SMILES string of the molecule is Nc1ccc(S(=O)(=O)NC2CCOC2C2CC2)c(Br)c1.